The summed E-state index contributed by atoms with van der Waals surface area (Å²) >= 11 is 0. The van der Waals surface area contributed by atoms with Crippen LogP contribution in [0.15, 0.2) is 0 Å². The average Bonchev–Trinajstić information content (AvgIpc) is 2.36. The third-order valence-corrected chi connectivity index (χ3v) is 4.28. The molecule has 1 saturated heterocycles. The third-order valence-electron chi connectivity index (χ3n) is 4.28. The van der Waals surface area contributed by atoms with Crippen LogP contribution >= 0.6 is 0 Å². The molecule has 1 atom stereocenters. The summed E-state index contributed by atoms with van der Waals surface area (Å²) < 4.78 is 0. The highest BCUT2D eigenvalue weighted by Gasteiger charge is 2.49. The highest BCUT2D eigenvalue weighted by atomic mass is 16.4. The first-order chi connectivity index (χ1) is 9.46. The minimum absolute atomic E-state index is 0.357. The van der Waals surface area contributed by atoms with Gasteiger partial charge in [0.25, 0.3) is 0 Å². The maximum Gasteiger partial charge on any atom is 0.323 e. The zero-order chi connectivity index (χ0) is 14.8. The molecule has 20 heavy (non-hydrogen) atoms. The van der Waals surface area contributed by atoms with Gasteiger partial charge in [0.2, 0.25) is 11.8 Å². The molecule has 112 valence electrons. The second kappa shape index (κ2) is 5.91. The van der Waals surface area contributed by atoms with Crippen molar-refractivity contribution in [3.63, 3.8) is 0 Å². The number of carbonyl (C=O) groups is 3. The van der Waals surface area contributed by atoms with E-state index < -0.39 is 30.0 Å². The summed E-state index contributed by atoms with van der Waals surface area (Å²) in [6.07, 6.45) is 6.56. The van der Waals surface area contributed by atoms with Gasteiger partial charge in [-0.2, -0.15) is 0 Å². The Bertz CT molecular complexity index is 413. The first-order valence-electron chi connectivity index (χ1n) is 7.31. The molecule has 0 unspecified atom stereocenters. The number of amides is 2. The van der Waals surface area contributed by atoms with Crippen molar-refractivity contribution in [2.24, 2.45) is 0 Å². The van der Waals surface area contributed by atoms with Gasteiger partial charge in [-0.25, -0.2) is 0 Å². The Morgan fingerprint density at radius 3 is 2.35 bits per heavy atom. The lowest BCUT2D eigenvalue weighted by Crippen LogP contribution is -2.70. The molecule has 1 aliphatic carbocycles. The second-order valence-corrected chi connectivity index (χ2v) is 5.84. The predicted molar refractivity (Wildman–Crippen MR) is 72.0 cm³/mol. The fraction of sp³-hybridized carbons (Fsp3) is 0.786. The van der Waals surface area contributed by atoms with E-state index in [2.05, 4.69) is 5.32 Å². The summed E-state index contributed by atoms with van der Waals surface area (Å²) in [6.45, 7) is 1.16. The van der Waals surface area contributed by atoms with Crippen molar-refractivity contribution >= 4 is 17.8 Å². The lowest BCUT2D eigenvalue weighted by Gasteiger charge is -2.44. The Kier molecular flexibility index (Phi) is 4.42. The Morgan fingerprint density at radius 1 is 1.25 bits per heavy atom. The van der Waals surface area contributed by atoms with E-state index in [1.807, 2.05) is 0 Å². The van der Waals surface area contributed by atoms with Crippen LogP contribution in [-0.4, -0.2) is 45.9 Å². The Balaban J connectivity index is 2.25. The lowest BCUT2D eigenvalue weighted by molar-refractivity contribution is -0.162. The molecule has 1 heterocycles. The zero-order valence-electron chi connectivity index (χ0n) is 11.9. The summed E-state index contributed by atoms with van der Waals surface area (Å²) in [5.74, 6) is -1.95. The SMILES string of the molecule is C[C@@H]1NC2(CCCCCCC2)C(=O)N(CC(=O)O)C1=O. The smallest absolute Gasteiger partial charge is 0.323 e. The largest absolute Gasteiger partial charge is 0.480 e. The van der Waals surface area contributed by atoms with E-state index in [1.54, 1.807) is 6.92 Å². The number of imide groups is 1. The van der Waals surface area contributed by atoms with E-state index >= 15 is 0 Å². The first kappa shape index (κ1) is 15.0. The lowest BCUT2D eigenvalue weighted by atomic mass is 9.80. The highest BCUT2D eigenvalue weighted by molar-refractivity contribution is 6.06. The molecule has 2 aliphatic rings. The molecule has 2 rings (SSSR count). The van der Waals surface area contributed by atoms with Crippen molar-refractivity contribution in [1.82, 2.24) is 10.2 Å². The maximum absolute atomic E-state index is 12.6. The molecule has 2 amide bonds. The number of nitrogens with zero attached hydrogens (tertiary/aromatic N) is 1. The van der Waals surface area contributed by atoms with Crippen LogP contribution in [0, 0.1) is 0 Å². The molecule has 0 aromatic heterocycles. The molecule has 0 bridgehead atoms. The summed E-state index contributed by atoms with van der Waals surface area (Å²) in [5.41, 5.74) is -0.747. The molecule has 6 nitrogen and oxygen atoms in total. The topological polar surface area (TPSA) is 86.7 Å². The molecule has 1 spiro atoms. The highest BCUT2D eigenvalue weighted by Crippen LogP contribution is 2.31. The summed E-state index contributed by atoms with van der Waals surface area (Å²) in [7, 11) is 0. The van der Waals surface area contributed by atoms with Crippen LogP contribution in [-0.2, 0) is 14.4 Å². The maximum atomic E-state index is 12.6. The van der Waals surface area contributed by atoms with Crippen molar-refractivity contribution in [2.45, 2.75) is 63.5 Å². The number of carboxylic acids is 1. The van der Waals surface area contributed by atoms with Crippen LogP contribution in [0.3, 0.4) is 0 Å². The normalized spacial score (nSPS) is 27.2. The van der Waals surface area contributed by atoms with E-state index in [0.717, 1.165) is 30.6 Å². The van der Waals surface area contributed by atoms with Crippen molar-refractivity contribution in [2.75, 3.05) is 6.54 Å². The number of nitrogens with one attached hydrogen (secondary N) is 1. The number of aliphatic carboxylic acids is 1. The van der Waals surface area contributed by atoms with Gasteiger partial charge in [-0.15, -0.1) is 0 Å². The fourth-order valence-corrected chi connectivity index (χ4v) is 3.28. The molecular formula is C14H22N2O4. The monoisotopic (exact) mass is 282 g/mol. The van der Waals surface area contributed by atoms with Crippen LogP contribution in [0.4, 0.5) is 0 Å². The second-order valence-electron chi connectivity index (χ2n) is 5.84. The number of rotatable bonds is 2. The van der Waals surface area contributed by atoms with Crippen LogP contribution in [0.2, 0.25) is 0 Å². The number of piperazine rings is 1. The summed E-state index contributed by atoms with van der Waals surface area (Å²) in [4.78, 5) is 36.5. The quantitative estimate of drug-likeness (QED) is 0.735. The van der Waals surface area contributed by atoms with E-state index in [9.17, 15) is 14.4 Å². The molecule has 6 heteroatoms. The van der Waals surface area contributed by atoms with Gasteiger partial charge in [0.15, 0.2) is 0 Å². The molecule has 1 saturated carbocycles. The van der Waals surface area contributed by atoms with Crippen molar-refractivity contribution in [3.05, 3.63) is 0 Å². The molecule has 0 aromatic carbocycles. The number of carbonyl (C=O) groups excluding carboxylic acids is 2. The Labute approximate surface area is 118 Å². The molecule has 0 radical (unpaired) electrons. The van der Waals surface area contributed by atoms with Crippen LogP contribution in [0.1, 0.15) is 51.9 Å². The van der Waals surface area contributed by atoms with Crippen molar-refractivity contribution in [1.29, 1.82) is 0 Å². The standard InChI is InChI=1S/C14H22N2O4/c1-10-12(19)16(9-11(17)18)13(20)14(15-10)7-5-3-2-4-6-8-14/h10,15H,2-9H2,1H3,(H,17,18)/t10-/m0/s1. The molecular weight excluding hydrogens is 260 g/mol. The van der Waals surface area contributed by atoms with Crippen LogP contribution in [0.5, 0.6) is 0 Å². The van der Waals surface area contributed by atoms with Crippen molar-refractivity contribution in [3.8, 4) is 0 Å². The van der Waals surface area contributed by atoms with Crippen LogP contribution in [0.25, 0.3) is 0 Å². The molecule has 2 N–H and O–H groups in total. The van der Waals surface area contributed by atoms with E-state index in [0.29, 0.717) is 12.8 Å². The minimum Gasteiger partial charge on any atom is -0.480 e. The van der Waals surface area contributed by atoms with E-state index in [4.69, 9.17) is 5.11 Å². The summed E-state index contributed by atoms with van der Waals surface area (Å²) in [6, 6.07) is -0.508. The predicted octanol–water partition coefficient (Wildman–Crippen LogP) is 0.901. The van der Waals surface area contributed by atoms with E-state index in [-0.39, 0.29) is 5.91 Å². The minimum atomic E-state index is -1.15. The van der Waals surface area contributed by atoms with Gasteiger partial charge >= 0.3 is 5.97 Å². The average molecular weight is 282 g/mol. The van der Waals surface area contributed by atoms with Gasteiger partial charge < -0.3 is 5.11 Å². The number of carboxylic acid groups (broad SMARTS) is 1. The van der Waals surface area contributed by atoms with Gasteiger partial charge in [0.05, 0.1) is 11.6 Å². The number of hydrogen-bond donors (Lipinski definition) is 2. The van der Waals surface area contributed by atoms with Gasteiger partial charge in [-0.05, 0) is 19.8 Å². The summed E-state index contributed by atoms with van der Waals surface area (Å²) in [5, 5.41) is 12.1. The molecule has 1 aliphatic heterocycles. The van der Waals surface area contributed by atoms with E-state index in [1.165, 1.54) is 6.42 Å². The van der Waals surface area contributed by atoms with Crippen molar-refractivity contribution < 1.29 is 19.5 Å². The Hall–Kier alpha value is -1.43. The van der Waals surface area contributed by atoms with Crippen LogP contribution < -0.4 is 5.32 Å². The van der Waals surface area contributed by atoms with Gasteiger partial charge in [0, 0.05) is 0 Å². The van der Waals surface area contributed by atoms with Gasteiger partial charge in [-0.3, -0.25) is 24.6 Å². The molecule has 2 fully saturated rings. The third kappa shape index (κ3) is 2.85. The first-order valence-corrected chi connectivity index (χ1v) is 7.31. The van der Waals surface area contributed by atoms with Gasteiger partial charge in [-0.1, -0.05) is 32.1 Å². The molecule has 0 aromatic rings. The number of hydrogen-bond acceptors (Lipinski definition) is 4. The Morgan fingerprint density at radius 2 is 1.80 bits per heavy atom. The zero-order valence-corrected chi connectivity index (χ0v) is 11.9. The fourth-order valence-electron chi connectivity index (χ4n) is 3.28. The van der Waals surface area contributed by atoms with Gasteiger partial charge in [0.1, 0.15) is 6.54 Å².